The summed E-state index contributed by atoms with van der Waals surface area (Å²) in [5, 5.41) is 3.78. The highest BCUT2D eigenvalue weighted by Crippen LogP contribution is 2.63. The minimum Gasteiger partial charge on any atom is -0.459 e. The Morgan fingerprint density at radius 3 is 2.52 bits per heavy atom. The predicted octanol–water partition coefficient (Wildman–Crippen LogP) is 2.24. The quantitative estimate of drug-likeness (QED) is 0.777. The molecule has 7 heteroatoms. The van der Waals surface area contributed by atoms with Gasteiger partial charge in [0.25, 0.3) is 0 Å². The zero-order chi connectivity index (χ0) is 17.8. The number of aryl methyl sites for hydroxylation is 1. The van der Waals surface area contributed by atoms with E-state index in [0.29, 0.717) is 36.5 Å². The summed E-state index contributed by atoms with van der Waals surface area (Å²) < 4.78 is 10.9. The van der Waals surface area contributed by atoms with Crippen molar-refractivity contribution in [1.29, 1.82) is 0 Å². The molecule has 1 heterocycles. The third-order valence-corrected chi connectivity index (χ3v) is 6.11. The number of hydrogen-bond donors (Lipinski definition) is 0. The van der Waals surface area contributed by atoms with Gasteiger partial charge in [-0.15, -0.1) is 0 Å². The number of rotatable bonds is 4. The first-order valence-electron chi connectivity index (χ1n) is 9.04. The molecule has 1 aromatic heterocycles. The minimum absolute atomic E-state index is 0.119. The van der Waals surface area contributed by atoms with Gasteiger partial charge in [0.15, 0.2) is 5.82 Å². The van der Waals surface area contributed by atoms with Gasteiger partial charge < -0.3 is 14.2 Å². The molecule has 0 aliphatic heterocycles. The van der Waals surface area contributed by atoms with Crippen LogP contribution in [0.2, 0.25) is 0 Å². The second-order valence-electron chi connectivity index (χ2n) is 8.41. The average Bonchev–Trinajstić information content (AvgIpc) is 2.88. The van der Waals surface area contributed by atoms with Crippen LogP contribution in [0.1, 0.15) is 57.2 Å². The highest BCUT2D eigenvalue weighted by molar-refractivity contribution is 5.83. The third kappa shape index (κ3) is 2.83. The molecule has 2 unspecified atom stereocenters. The Morgan fingerprint density at radius 2 is 1.96 bits per heavy atom. The number of carbonyl (C=O) groups is 2. The van der Waals surface area contributed by atoms with E-state index in [2.05, 4.69) is 10.1 Å². The summed E-state index contributed by atoms with van der Waals surface area (Å²) in [6.45, 7) is 3.55. The molecule has 4 bridgehead atoms. The molecule has 0 spiro atoms. The van der Waals surface area contributed by atoms with Gasteiger partial charge in [-0.2, -0.15) is 4.98 Å². The Kier molecular flexibility index (Phi) is 3.67. The van der Waals surface area contributed by atoms with E-state index in [1.54, 1.807) is 18.9 Å². The Bertz CT molecular complexity index is 699. The smallest absolute Gasteiger partial charge is 0.303 e. The second kappa shape index (κ2) is 5.54. The predicted molar refractivity (Wildman–Crippen MR) is 87.1 cm³/mol. The molecule has 4 saturated carbocycles. The zero-order valence-electron chi connectivity index (χ0n) is 15.1. The molecule has 0 N–H and O–H groups in total. The van der Waals surface area contributed by atoms with Crippen molar-refractivity contribution in [3.63, 3.8) is 0 Å². The van der Waals surface area contributed by atoms with Crippen molar-refractivity contribution < 1.29 is 18.8 Å². The summed E-state index contributed by atoms with van der Waals surface area (Å²) in [4.78, 5) is 30.9. The number of nitrogens with zero attached hydrogens (tertiary/aromatic N) is 3. The van der Waals surface area contributed by atoms with E-state index < -0.39 is 11.0 Å². The number of hydrogen-bond acceptors (Lipinski definition) is 6. The molecule has 0 radical (unpaired) electrons. The van der Waals surface area contributed by atoms with E-state index in [0.717, 1.165) is 32.1 Å². The number of aromatic nitrogens is 2. The maximum absolute atomic E-state index is 13.3. The first-order valence-corrected chi connectivity index (χ1v) is 9.04. The lowest BCUT2D eigenvalue weighted by atomic mass is 9.47. The fourth-order valence-corrected chi connectivity index (χ4v) is 5.94. The van der Waals surface area contributed by atoms with Crippen LogP contribution in [0.4, 0.5) is 0 Å². The van der Waals surface area contributed by atoms with Crippen molar-refractivity contribution in [2.75, 3.05) is 7.05 Å². The van der Waals surface area contributed by atoms with Gasteiger partial charge >= 0.3 is 5.97 Å². The number of carbonyl (C=O) groups excluding carboxylic acids is 2. The highest BCUT2D eigenvalue weighted by atomic mass is 16.6. The molecule has 4 fully saturated rings. The molecule has 5 rings (SSSR count). The summed E-state index contributed by atoms with van der Waals surface area (Å²) >= 11 is 0. The number of esters is 1. The molecule has 0 aromatic carbocycles. The largest absolute Gasteiger partial charge is 0.459 e. The lowest BCUT2D eigenvalue weighted by Crippen LogP contribution is -2.61. The van der Waals surface area contributed by atoms with Crippen molar-refractivity contribution in [2.45, 2.75) is 64.5 Å². The summed E-state index contributed by atoms with van der Waals surface area (Å²) in [5.41, 5.74) is -0.850. The maximum atomic E-state index is 13.3. The van der Waals surface area contributed by atoms with Crippen LogP contribution in [-0.2, 0) is 20.9 Å². The molecule has 1 aromatic rings. The van der Waals surface area contributed by atoms with Crippen LogP contribution in [0.5, 0.6) is 0 Å². The standard InChI is InChI=1S/C18H25N3O4/c1-11-19-15(25-20-11)9-21(3)16(23)17-5-13-4-14(6-17)8-18(7-13,10-17)24-12(2)22/h13-14H,4-10H2,1-3H3/t13-,14+,17?,18?. The van der Waals surface area contributed by atoms with Gasteiger partial charge in [0.1, 0.15) is 5.60 Å². The van der Waals surface area contributed by atoms with Crippen LogP contribution < -0.4 is 0 Å². The van der Waals surface area contributed by atoms with Crippen LogP contribution in [-0.4, -0.2) is 39.6 Å². The van der Waals surface area contributed by atoms with E-state index in [4.69, 9.17) is 9.26 Å². The summed E-state index contributed by atoms with van der Waals surface area (Å²) in [5.74, 6) is 1.85. The molecular weight excluding hydrogens is 322 g/mol. The molecular formula is C18H25N3O4. The number of ether oxygens (including phenoxy) is 1. The monoisotopic (exact) mass is 347 g/mol. The SMILES string of the molecule is CC(=O)OC12C[C@H]3C[C@@H](C1)CC(C(=O)N(C)Cc1nc(C)no1)(C3)C2. The Balaban J connectivity index is 1.56. The Morgan fingerprint density at radius 1 is 1.28 bits per heavy atom. The summed E-state index contributed by atoms with van der Waals surface area (Å²) in [6.07, 6.45) is 5.43. The minimum atomic E-state index is -0.437. The summed E-state index contributed by atoms with van der Waals surface area (Å²) in [6, 6.07) is 0. The van der Waals surface area contributed by atoms with Crippen LogP contribution in [0, 0.1) is 24.2 Å². The molecule has 4 atom stereocenters. The molecule has 4 aliphatic carbocycles. The lowest BCUT2D eigenvalue weighted by molar-refractivity contribution is -0.205. The van der Waals surface area contributed by atoms with Gasteiger partial charge in [0.2, 0.25) is 11.8 Å². The maximum Gasteiger partial charge on any atom is 0.303 e. The van der Waals surface area contributed by atoms with Crippen molar-refractivity contribution >= 4 is 11.9 Å². The number of amides is 1. The van der Waals surface area contributed by atoms with E-state index in [-0.39, 0.29) is 11.9 Å². The van der Waals surface area contributed by atoms with Crippen molar-refractivity contribution in [1.82, 2.24) is 15.0 Å². The van der Waals surface area contributed by atoms with Crippen molar-refractivity contribution in [2.24, 2.45) is 17.3 Å². The first kappa shape index (κ1) is 16.5. The van der Waals surface area contributed by atoms with Crippen LogP contribution >= 0.6 is 0 Å². The second-order valence-corrected chi connectivity index (χ2v) is 8.41. The molecule has 136 valence electrons. The van der Waals surface area contributed by atoms with Crippen LogP contribution in [0.3, 0.4) is 0 Å². The molecule has 7 nitrogen and oxygen atoms in total. The summed E-state index contributed by atoms with van der Waals surface area (Å²) in [7, 11) is 1.79. The fraction of sp³-hybridized carbons (Fsp3) is 0.778. The van der Waals surface area contributed by atoms with E-state index in [9.17, 15) is 9.59 Å². The molecule has 25 heavy (non-hydrogen) atoms. The average molecular weight is 347 g/mol. The molecule has 4 aliphatic rings. The van der Waals surface area contributed by atoms with Gasteiger partial charge in [-0.3, -0.25) is 9.59 Å². The normalized spacial score (nSPS) is 35.6. The first-order chi connectivity index (χ1) is 11.8. The van der Waals surface area contributed by atoms with Gasteiger partial charge in [0, 0.05) is 20.4 Å². The van der Waals surface area contributed by atoms with Crippen LogP contribution in [0.15, 0.2) is 4.52 Å². The lowest BCUT2D eigenvalue weighted by Gasteiger charge is -2.60. The molecule has 0 saturated heterocycles. The highest BCUT2D eigenvalue weighted by Gasteiger charge is 2.62. The van der Waals surface area contributed by atoms with E-state index >= 15 is 0 Å². The van der Waals surface area contributed by atoms with Gasteiger partial charge in [-0.25, -0.2) is 0 Å². The van der Waals surface area contributed by atoms with E-state index in [1.807, 2.05) is 0 Å². The van der Waals surface area contributed by atoms with Gasteiger partial charge in [0.05, 0.1) is 12.0 Å². The van der Waals surface area contributed by atoms with E-state index in [1.165, 1.54) is 6.92 Å². The van der Waals surface area contributed by atoms with Gasteiger partial charge in [-0.1, -0.05) is 5.16 Å². The zero-order valence-corrected chi connectivity index (χ0v) is 15.1. The van der Waals surface area contributed by atoms with Crippen molar-refractivity contribution in [3.8, 4) is 0 Å². The topological polar surface area (TPSA) is 85.5 Å². The Hall–Kier alpha value is -1.92. The van der Waals surface area contributed by atoms with Crippen LogP contribution in [0.25, 0.3) is 0 Å². The fourth-order valence-electron chi connectivity index (χ4n) is 5.94. The van der Waals surface area contributed by atoms with Crippen molar-refractivity contribution in [3.05, 3.63) is 11.7 Å². The third-order valence-electron chi connectivity index (χ3n) is 6.11. The molecule has 1 amide bonds. The Labute approximate surface area is 147 Å². The van der Waals surface area contributed by atoms with Gasteiger partial charge in [-0.05, 0) is 50.9 Å².